The Kier molecular flexibility index (Phi) is 6.77. The van der Waals surface area contributed by atoms with Crippen LogP contribution in [0.15, 0.2) is 30.3 Å². The highest BCUT2D eigenvalue weighted by molar-refractivity contribution is 6.29. The average molecular weight is 438 g/mol. The highest BCUT2D eigenvalue weighted by Gasteiger charge is 2.36. The molecule has 2 aromatic rings. The molecule has 1 atom stereocenters. The summed E-state index contributed by atoms with van der Waals surface area (Å²) < 4.78 is 38.9. The summed E-state index contributed by atoms with van der Waals surface area (Å²) in [5, 5.41) is 11.4. The van der Waals surface area contributed by atoms with E-state index in [1.807, 2.05) is 12.1 Å². The standard InChI is InChI=1S/C20H19ClF3N5O/c21-16-10-17(28-19(27-16)20(22,23)24)29-9-1-2-15(12-29)18(30)26-8-7-13-3-5-14(11-25)6-4-13/h3-6,10,15H,1-2,7-9,12H2,(H,26,30)/t15-/m1/s1. The van der Waals surface area contributed by atoms with Crippen molar-refractivity contribution in [3.63, 3.8) is 0 Å². The van der Waals surface area contributed by atoms with Crippen molar-refractivity contribution in [2.75, 3.05) is 24.5 Å². The van der Waals surface area contributed by atoms with Crippen LogP contribution in [0.2, 0.25) is 5.15 Å². The number of anilines is 1. The van der Waals surface area contributed by atoms with Gasteiger partial charge in [0.1, 0.15) is 11.0 Å². The minimum Gasteiger partial charge on any atom is -0.356 e. The van der Waals surface area contributed by atoms with Crippen LogP contribution in [0.1, 0.15) is 29.8 Å². The van der Waals surface area contributed by atoms with E-state index in [2.05, 4.69) is 21.4 Å². The van der Waals surface area contributed by atoms with Crippen molar-refractivity contribution in [2.24, 2.45) is 5.92 Å². The van der Waals surface area contributed by atoms with Gasteiger partial charge >= 0.3 is 6.18 Å². The minimum absolute atomic E-state index is 0.0670. The summed E-state index contributed by atoms with van der Waals surface area (Å²) in [5.41, 5.74) is 1.57. The highest BCUT2D eigenvalue weighted by atomic mass is 35.5. The van der Waals surface area contributed by atoms with E-state index < -0.39 is 12.0 Å². The van der Waals surface area contributed by atoms with Crippen LogP contribution in [0.5, 0.6) is 0 Å². The Labute approximate surface area is 176 Å². The Bertz CT molecular complexity index is 943. The number of amides is 1. The molecule has 6 nitrogen and oxygen atoms in total. The Morgan fingerprint density at radius 2 is 2.03 bits per heavy atom. The highest BCUT2D eigenvalue weighted by Crippen LogP contribution is 2.30. The first kappa shape index (κ1) is 21.8. The maximum atomic E-state index is 13.0. The zero-order valence-electron chi connectivity index (χ0n) is 15.9. The molecule has 1 fully saturated rings. The van der Waals surface area contributed by atoms with Crippen LogP contribution >= 0.6 is 11.6 Å². The summed E-state index contributed by atoms with van der Waals surface area (Å²) in [5.74, 6) is -1.73. The first-order chi connectivity index (χ1) is 14.3. The molecule has 1 aromatic heterocycles. The molecule has 2 heterocycles. The molecular formula is C20H19ClF3N5O. The van der Waals surface area contributed by atoms with Crippen LogP contribution in [-0.2, 0) is 17.4 Å². The second kappa shape index (κ2) is 9.30. The number of rotatable bonds is 5. The van der Waals surface area contributed by atoms with Crippen molar-refractivity contribution in [1.29, 1.82) is 5.26 Å². The summed E-state index contributed by atoms with van der Waals surface area (Å²) in [6.45, 7) is 1.17. The molecule has 1 aliphatic heterocycles. The van der Waals surface area contributed by atoms with Crippen LogP contribution in [0.4, 0.5) is 19.0 Å². The van der Waals surface area contributed by atoms with Crippen LogP contribution in [0.25, 0.3) is 0 Å². The molecule has 1 amide bonds. The number of nitriles is 1. The van der Waals surface area contributed by atoms with Crippen LogP contribution in [0, 0.1) is 17.2 Å². The van der Waals surface area contributed by atoms with E-state index in [9.17, 15) is 18.0 Å². The van der Waals surface area contributed by atoms with Gasteiger partial charge in [0.05, 0.1) is 17.6 Å². The number of benzene rings is 1. The Hall–Kier alpha value is -2.86. The van der Waals surface area contributed by atoms with Gasteiger partial charge in [-0.2, -0.15) is 18.4 Å². The van der Waals surface area contributed by atoms with Gasteiger partial charge in [-0.1, -0.05) is 23.7 Å². The van der Waals surface area contributed by atoms with Gasteiger partial charge in [-0.25, -0.2) is 9.97 Å². The fraction of sp³-hybridized carbons (Fsp3) is 0.400. The van der Waals surface area contributed by atoms with Crippen molar-refractivity contribution in [2.45, 2.75) is 25.4 Å². The number of hydrogen-bond acceptors (Lipinski definition) is 5. The number of nitrogens with zero attached hydrogens (tertiary/aromatic N) is 4. The summed E-state index contributed by atoms with van der Waals surface area (Å²) in [6.07, 6.45) is -2.79. The van der Waals surface area contributed by atoms with Crippen molar-refractivity contribution in [3.05, 3.63) is 52.4 Å². The predicted octanol–water partition coefficient (Wildman–Crippen LogP) is 3.60. The minimum atomic E-state index is -4.70. The predicted molar refractivity (Wildman–Crippen MR) is 105 cm³/mol. The largest absolute Gasteiger partial charge is 0.451 e. The molecule has 0 saturated carbocycles. The molecule has 3 rings (SSSR count). The van der Waals surface area contributed by atoms with Gasteiger partial charge in [0.15, 0.2) is 0 Å². The third-order valence-corrected chi connectivity index (χ3v) is 5.04. The number of nitrogens with one attached hydrogen (secondary N) is 1. The molecule has 1 aliphatic rings. The lowest BCUT2D eigenvalue weighted by molar-refractivity contribution is -0.144. The third-order valence-electron chi connectivity index (χ3n) is 4.85. The SMILES string of the molecule is N#Cc1ccc(CCNC(=O)[C@@H]2CCCN(c3cc(Cl)nc(C(F)(F)F)n3)C2)cc1. The monoisotopic (exact) mass is 437 g/mol. The van der Waals surface area contributed by atoms with E-state index in [0.717, 1.165) is 5.56 Å². The number of aromatic nitrogens is 2. The molecule has 0 unspecified atom stereocenters. The summed E-state index contributed by atoms with van der Waals surface area (Å²) >= 11 is 5.75. The van der Waals surface area contributed by atoms with Gasteiger partial charge in [0.25, 0.3) is 0 Å². The van der Waals surface area contributed by atoms with Crippen molar-refractivity contribution in [1.82, 2.24) is 15.3 Å². The lowest BCUT2D eigenvalue weighted by Crippen LogP contribution is -2.44. The van der Waals surface area contributed by atoms with E-state index in [-0.39, 0.29) is 29.3 Å². The van der Waals surface area contributed by atoms with E-state index in [1.54, 1.807) is 17.0 Å². The molecule has 1 N–H and O–H groups in total. The maximum Gasteiger partial charge on any atom is 0.451 e. The number of piperidine rings is 1. The zero-order chi connectivity index (χ0) is 21.7. The number of carbonyl (C=O) groups is 1. The van der Waals surface area contributed by atoms with Crippen molar-refractivity contribution < 1.29 is 18.0 Å². The van der Waals surface area contributed by atoms with Gasteiger partial charge in [0, 0.05) is 25.7 Å². The van der Waals surface area contributed by atoms with Gasteiger partial charge in [0.2, 0.25) is 11.7 Å². The maximum absolute atomic E-state index is 13.0. The topological polar surface area (TPSA) is 81.9 Å². The van der Waals surface area contributed by atoms with Gasteiger partial charge in [-0.15, -0.1) is 0 Å². The van der Waals surface area contributed by atoms with E-state index in [4.69, 9.17) is 16.9 Å². The van der Waals surface area contributed by atoms with Crippen molar-refractivity contribution in [3.8, 4) is 6.07 Å². The summed E-state index contributed by atoms with van der Waals surface area (Å²) in [7, 11) is 0. The summed E-state index contributed by atoms with van der Waals surface area (Å²) in [4.78, 5) is 21.0. The second-order valence-electron chi connectivity index (χ2n) is 7.01. The van der Waals surface area contributed by atoms with Crippen molar-refractivity contribution >= 4 is 23.3 Å². The molecule has 158 valence electrons. The Morgan fingerprint density at radius 3 is 2.70 bits per heavy atom. The Balaban J connectivity index is 1.58. The fourth-order valence-corrected chi connectivity index (χ4v) is 3.49. The number of alkyl halides is 3. The first-order valence-electron chi connectivity index (χ1n) is 9.40. The molecule has 0 radical (unpaired) electrons. The quantitative estimate of drug-likeness (QED) is 0.723. The molecule has 10 heteroatoms. The second-order valence-corrected chi connectivity index (χ2v) is 7.39. The molecule has 1 aromatic carbocycles. The van der Waals surface area contributed by atoms with Crippen LogP contribution in [0.3, 0.4) is 0 Å². The lowest BCUT2D eigenvalue weighted by atomic mass is 9.97. The van der Waals surface area contributed by atoms with E-state index >= 15 is 0 Å². The number of hydrogen-bond donors (Lipinski definition) is 1. The van der Waals surface area contributed by atoms with Gasteiger partial charge in [-0.3, -0.25) is 4.79 Å². The van der Waals surface area contributed by atoms with Gasteiger partial charge < -0.3 is 10.2 Å². The van der Waals surface area contributed by atoms with E-state index in [0.29, 0.717) is 37.9 Å². The van der Waals surface area contributed by atoms with Crippen LogP contribution < -0.4 is 10.2 Å². The molecule has 30 heavy (non-hydrogen) atoms. The normalized spacial score (nSPS) is 16.8. The lowest BCUT2D eigenvalue weighted by Gasteiger charge is -2.33. The summed E-state index contributed by atoms with van der Waals surface area (Å²) in [6, 6.07) is 10.4. The Morgan fingerprint density at radius 1 is 1.30 bits per heavy atom. The molecule has 0 spiro atoms. The fourth-order valence-electron chi connectivity index (χ4n) is 3.31. The molecule has 0 aliphatic carbocycles. The number of halogens is 4. The smallest absolute Gasteiger partial charge is 0.356 e. The molecule has 1 saturated heterocycles. The number of carbonyl (C=O) groups excluding carboxylic acids is 1. The van der Waals surface area contributed by atoms with Crippen LogP contribution in [-0.4, -0.2) is 35.5 Å². The average Bonchev–Trinajstić information content (AvgIpc) is 2.73. The molecular weight excluding hydrogens is 419 g/mol. The zero-order valence-corrected chi connectivity index (χ0v) is 16.7. The van der Waals surface area contributed by atoms with Gasteiger partial charge in [-0.05, 0) is 37.0 Å². The first-order valence-corrected chi connectivity index (χ1v) is 9.77. The third kappa shape index (κ3) is 5.60. The molecule has 0 bridgehead atoms. The van der Waals surface area contributed by atoms with E-state index in [1.165, 1.54) is 6.07 Å².